The van der Waals surface area contributed by atoms with E-state index in [2.05, 4.69) is 49.6 Å². The van der Waals surface area contributed by atoms with Crippen LogP contribution in [0.3, 0.4) is 0 Å². The van der Waals surface area contributed by atoms with Gasteiger partial charge in [0.05, 0.1) is 17.4 Å². The summed E-state index contributed by atoms with van der Waals surface area (Å²) < 4.78 is 4.80. The third kappa shape index (κ3) is 3.79. The highest BCUT2D eigenvalue weighted by molar-refractivity contribution is 6.04. The number of amidine groups is 1. The fourth-order valence-electron chi connectivity index (χ4n) is 4.44. The molecule has 0 bridgehead atoms. The number of nitrogen functional groups attached to an aromatic ring is 1. The van der Waals surface area contributed by atoms with Crippen LogP contribution < -0.4 is 16.4 Å². The van der Waals surface area contributed by atoms with Gasteiger partial charge in [0.2, 0.25) is 0 Å². The molecule has 0 saturated carbocycles. The first-order valence-corrected chi connectivity index (χ1v) is 10.5. The van der Waals surface area contributed by atoms with Gasteiger partial charge in [-0.05, 0) is 43.7 Å². The zero-order valence-electron chi connectivity index (χ0n) is 17.3. The van der Waals surface area contributed by atoms with Crippen molar-refractivity contribution in [3.63, 3.8) is 0 Å². The molecule has 10 nitrogen and oxygen atoms in total. The maximum atomic E-state index is 5.93. The summed E-state index contributed by atoms with van der Waals surface area (Å²) in [6.45, 7) is 12.5. The van der Waals surface area contributed by atoms with Crippen LogP contribution in [0.1, 0.15) is 26.0 Å². The maximum absolute atomic E-state index is 5.93. The molecule has 4 rings (SSSR count). The fourth-order valence-corrected chi connectivity index (χ4v) is 4.44. The Morgan fingerprint density at radius 3 is 2.90 bits per heavy atom. The summed E-state index contributed by atoms with van der Waals surface area (Å²) in [6.07, 6.45) is 5.00. The van der Waals surface area contributed by atoms with Gasteiger partial charge in [0.1, 0.15) is 0 Å². The lowest BCUT2D eigenvalue weighted by molar-refractivity contribution is 0.204. The zero-order chi connectivity index (χ0) is 20.3. The highest BCUT2D eigenvalue weighted by atomic mass is 16.6. The molecule has 29 heavy (non-hydrogen) atoms. The van der Waals surface area contributed by atoms with Crippen LogP contribution in [0, 0.1) is 5.92 Å². The average molecular weight is 402 g/mol. The highest BCUT2D eigenvalue weighted by Crippen LogP contribution is 2.41. The Morgan fingerprint density at radius 2 is 2.17 bits per heavy atom. The van der Waals surface area contributed by atoms with Crippen molar-refractivity contribution in [2.45, 2.75) is 25.8 Å². The lowest BCUT2D eigenvalue weighted by atomic mass is 9.81. The van der Waals surface area contributed by atoms with Gasteiger partial charge < -0.3 is 26.2 Å². The number of aromatic nitrogens is 2. The van der Waals surface area contributed by atoms with Crippen LogP contribution in [0.15, 0.2) is 26.5 Å². The van der Waals surface area contributed by atoms with Crippen LogP contribution in [0.25, 0.3) is 0 Å². The third-order valence-electron chi connectivity index (χ3n) is 6.19. The summed E-state index contributed by atoms with van der Waals surface area (Å²) in [4.78, 5) is 14.0. The molecule has 2 unspecified atom stereocenters. The van der Waals surface area contributed by atoms with Crippen LogP contribution in [0.4, 0.5) is 5.82 Å². The first-order valence-electron chi connectivity index (χ1n) is 10.5. The second-order valence-electron chi connectivity index (χ2n) is 7.89. The minimum absolute atomic E-state index is 0.184. The normalized spacial score (nSPS) is 27.1. The van der Waals surface area contributed by atoms with Gasteiger partial charge in [0.25, 0.3) is 0 Å². The van der Waals surface area contributed by atoms with Crippen molar-refractivity contribution < 1.29 is 4.63 Å². The Kier molecular flexibility index (Phi) is 5.93. The van der Waals surface area contributed by atoms with E-state index >= 15 is 0 Å². The van der Waals surface area contributed by atoms with Crippen molar-refractivity contribution in [2.75, 3.05) is 58.1 Å². The molecule has 1 aromatic rings. The van der Waals surface area contributed by atoms with Gasteiger partial charge in [0.15, 0.2) is 17.3 Å². The van der Waals surface area contributed by atoms with E-state index in [0.717, 1.165) is 64.5 Å². The van der Waals surface area contributed by atoms with Crippen molar-refractivity contribution in [2.24, 2.45) is 15.9 Å². The van der Waals surface area contributed by atoms with Crippen molar-refractivity contribution in [3.05, 3.63) is 17.6 Å². The molecule has 1 fully saturated rings. The molecule has 0 amide bonds. The summed E-state index contributed by atoms with van der Waals surface area (Å²) in [6, 6.07) is 0. The molecule has 1 saturated heterocycles. The van der Waals surface area contributed by atoms with Gasteiger partial charge in [-0.3, -0.25) is 4.99 Å². The first-order chi connectivity index (χ1) is 14.1. The van der Waals surface area contributed by atoms with E-state index in [9.17, 15) is 0 Å². The quantitative estimate of drug-likeness (QED) is 0.518. The molecule has 0 aromatic carbocycles. The van der Waals surface area contributed by atoms with Crippen LogP contribution in [0.5, 0.6) is 0 Å². The molecule has 0 aliphatic carbocycles. The predicted molar refractivity (Wildman–Crippen MR) is 113 cm³/mol. The van der Waals surface area contributed by atoms with E-state index in [1.54, 1.807) is 0 Å². The number of hydrogen-bond acceptors (Lipinski definition) is 10. The lowest BCUT2D eigenvalue weighted by Crippen LogP contribution is -2.55. The molecular weight excluding hydrogens is 370 g/mol. The van der Waals surface area contributed by atoms with Gasteiger partial charge >= 0.3 is 0 Å². The van der Waals surface area contributed by atoms with Crippen molar-refractivity contribution in [1.82, 2.24) is 30.7 Å². The number of hydrogen-bond donors (Lipinski definition) is 3. The number of likely N-dealkylation sites (N-methyl/N-ethyl adjacent to an activating group) is 1. The summed E-state index contributed by atoms with van der Waals surface area (Å²) in [5.74, 6) is 1.15. The highest BCUT2D eigenvalue weighted by Gasteiger charge is 2.50. The van der Waals surface area contributed by atoms with E-state index in [0.29, 0.717) is 11.5 Å². The molecule has 4 N–H and O–H groups in total. The molecular formula is C19H31N9O. The summed E-state index contributed by atoms with van der Waals surface area (Å²) in [5.41, 5.74) is 7.05. The fraction of sp³-hybridized carbons (Fsp3) is 0.684. The molecule has 0 radical (unpaired) electrons. The molecule has 158 valence electrons. The van der Waals surface area contributed by atoms with Crippen LogP contribution in [-0.4, -0.2) is 90.1 Å². The average Bonchev–Trinajstić information content (AvgIpc) is 3.28. The molecule has 2 atom stereocenters. The third-order valence-corrected chi connectivity index (χ3v) is 6.19. The standard InChI is InChI=1S/C19H31N9O/c1-3-28-18(16-17(20)26-29-25-16)24-15-13-23-12-14(19(15,28)2)11-22-5-4-8-27-9-6-21-7-10-27/h12-14,21-22H,3-11H2,1-2H3,(H2,20,26). The van der Waals surface area contributed by atoms with E-state index in [-0.39, 0.29) is 17.3 Å². The Labute approximate surface area is 171 Å². The predicted octanol–water partition coefficient (Wildman–Crippen LogP) is -0.0805. The van der Waals surface area contributed by atoms with E-state index in [1.807, 2.05) is 12.4 Å². The van der Waals surface area contributed by atoms with Crippen LogP contribution in [0.2, 0.25) is 0 Å². The first kappa shape index (κ1) is 20.0. The topological polar surface area (TPSA) is 120 Å². The lowest BCUT2D eigenvalue weighted by Gasteiger charge is -2.42. The van der Waals surface area contributed by atoms with Crippen molar-refractivity contribution in [3.8, 4) is 0 Å². The number of aliphatic imine (C=N–C) groups is 2. The van der Waals surface area contributed by atoms with Gasteiger partial charge in [-0.25, -0.2) is 9.62 Å². The molecule has 0 spiro atoms. The maximum Gasteiger partial charge on any atom is 0.199 e. The molecule has 3 aliphatic heterocycles. The number of nitrogens with zero attached hydrogens (tertiary/aromatic N) is 6. The van der Waals surface area contributed by atoms with Crippen molar-refractivity contribution >= 4 is 17.9 Å². The Bertz CT molecular complexity index is 795. The van der Waals surface area contributed by atoms with Crippen LogP contribution >= 0.6 is 0 Å². The Hall–Kier alpha value is -2.30. The number of piperazine rings is 1. The number of fused-ring (bicyclic) bond motifs is 1. The summed E-state index contributed by atoms with van der Waals surface area (Å²) in [7, 11) is 0. The number of nitrogens with two attached hydrogens (primary N) is 1. The zero-order valence-corrected chi connectivity index (χ0v) is 17.3. The second-order valence-corrected chi connectivity index (χ2v) is 7.89. The van der Waals surface area contributed by atoms with Gasteiger partial charge in [-0.2, -0.15) is 0 Å². The summed E-state index contributed by atoms with van der Waals surface area (Å²) in [5, 5.41) is 14.7. The van der Waals surface area contributed by atoms with E-state index in [4.69, 9.17) is 15.4 Å². The smallest absolute Gasteiger partial charge is 0.199 e. The van der Waals surface area contributed by atoms with Crippen LogP contribution in [-0.2, 0) is 0 Å². The number of anilines is 1. The number of rotatable bonds is 8. The van der Waals surface area contributed by atoms with Gasteiger partial charge in [-0.15, -0.1) is 0 Å². The largest absolute Gasteiger partial charge is 0.379 e. The molecule has 4 heterocycles. The summed E-state index contributed by atoms with van der Waals surface area (Å²) >= 11 is 0. The number of nitrogens with one attached hydrogen (secondary N) is 2. The molecule has 1 aromatic heterocycles. The second kappa shape index (κ2) is 8.60. The monoisotopic (exact) mass is 401 g/mol. The Balaban J connectivity index is 1.38. The SMILES string of the molecule is CCN1C(c2nonc2N)=NC2=CN=CC(CNCCCN3CCNCC3)C21C. The van der Waals surface area contributed by atoms with E-state index in [1.165, 1.54) is 0 Å². The molecule has 3 aliphatic rings. The van der Waals surface area contributed by atoms with Gasteiger partial charge in [-0.1, -0.05) is 0 Å². The Morgan fingerprint density at radius 1 is 1.34 bits per heavy atom. The van der Waals surface area contributed by atoms with Gasteiger partial charge in [0, 0.05) is 51.4 Å². The minimum atomic E-state index is -0.303. The minimum Gasteiger partial charge on any atom is -0.379 e. The van der Waals surface area contributed by atoms with Crippen molar-refractivity contribution in [1.29, 1.82) is 0 Å². The molecule has 10 heteroatoms. The van der Waals surface area contributed by atoms with E-state index < -0.39 is 0 Å².